The molecule has 8 heteroatoms. The molecule has 2 aromatic rings. The van der Waals surface area contributed by atoms with Crippen LogP contribution in [0.5, 0.6) is 0 Å². The molecule has 0 aliphatic carbocycles. The minimum absolute atomic E-state index is 0.0822. The van der Waals surface area contributed by atoms with Crippen molar-refractivity contribution in [1.82, 2.24) is 24.6 Å². The monoisotopic (exact) mass is 327 g/mol. The molecule has 1 saturated heterocycles. The van der Waals surface area contributed by atoms with Gasteiger partial charge in [-0.3, -0.25) is 9.89 Å². The molecule has 1 amide bonds. The van der Waals surface area contributed by atoms with E-state index in [1.807, 2.05) is 4.90 Å². The molecule has 3 rings (SSSR count). The Balaban J connectivity index is 1.93. The van der Waals surface area contributed by atoms with Crippen LogP contribution in [0.25, 0.3) is 0 Å². The molecule has 0 saturated carbocycles. The third-order valence-electron chi connectivity index (χ3n) is 3.85. The fraction of sp³-hybridized carbons (Fsp3) is 0.462. The molecule has 1 aliphatic heterocycles. The van der Waals surface area contributed by atoms with Crippen molar-refractivity contribution in [2.75, 3.05) is 6.54 Å². The smallest absolute Gasteiger partial charge is 0.271 e. The molecule has 2 aromatic heterocycles. The van der Waals surface area contributed by atoms with Crippen LogP contribution in [-0.2, 0) is 7.05 Å². The highest BCUT2D eigenvalue weighted by molar-refractivity contribution is 6.41. The molecule has 21 heavy (non-hydrogen) atoms. The lowest BCUT2D eigenvalue weighted by atomic mass is 10.0. The Hall–Kier alpha value is -1.53. The van der Waals surface area contributed by atoms with Crippen molar-refractivity contribution < 1.29 is 4.79 Å². The van der Waals surface area contributed by atoms with Gasteiger partial charge in [0.25, 0.3) is 5.91 Å². The van der Waals surface area contributed by atoms with E-state index in [2.05, 4.69) is 15.2 Å². The normalized spacial score (nSPS) is 19.0. The number of carbonyl (C=O) groups excluding carboxylic acids is 1. The lowest BCUT2D eigenvalue weighted by Gasteiger charge is -2.34. The number of nitrogens with zero attached hydrogens (tertiary/aromatic N) is 4. The molecule has 1 atom stereocenters. The Morgan fingerprint density at radius 1 is 1.43 bits per heavy atom. The highest BCUT2D eigenvalue weighted by Crippen LogP contribution is 2.32. The summed E-state index contributed by atoms with van der Waals surface area (Å²) in [6, 6.07) is 1.53. The summed E-state index contributed by atoms with van der Waals surface area (Å²) in [6.45, 7) is 0.685. The minimum atomic E-state index is -0.0904. The van der Waals surface area contributed by atoms with E-state index in [0.717, 1.165) is 25.1 Å². The molecule has 0 bridgehead atoms. The minimum Gasteiger partial charge on any atom is -0.329 e. The van der Waals surface area contributed by atoms with Crippen molar-refractivity contribution in [1.29, 1.82) is 0 Å². The average Bonchev–Trinajstić information content (AvgIpc) is 3.11. The average molecular weight is 328 g/mol. The Morgan fingerprint density at radius 3 is 2.86 bits per heavy atom. The van der Waals surface area contributed by atoms with E-state index < -0.39 is 0 Å². The van der Waals surface area contributed by atoms with Gasteiger partial charge in [0.15, 0.2) is 0 Å². The van der Waals surface area contributed by atoms with E-state index in [-0.39, 0.29) is 11.9 Å². The number of nitrogens with one attached hydrogen (secondary N) is 1. The zero-order valence-electron chi connectivity index (χ0n) is 11.5. The second kappa shape index (κ2) is 5.69. The summed E-state index contributed by atoms with van der Waals surface area (Å²) < 4.78 is 1.61. The number of H-pyrrole nitrogens is 1. The van der Waals surface area contributed by atoms with Crippen molar-refractivity contribution >= 4 is 29.1 Å². The molecule has 0 spiro atoms. The molecule has 0 radical (unpaired) electrons. The van der Waals surface area contributed by atoms with Gasteiger partial charge in [0.1, 0.15) is 23.0 Å². The van der Waals surface area contributed by atoms with Crippen LogP contribution in [0.4, 0.5) is 0 Å². The lowest BCUT2D eigenvalue weighted by molar-refractivity contribution is 0.0590. The Bertz CT molecular complexity index is 652. The van der Waals surface area contributed by atoms with Gasteiger partial charge in [-0.2, -0.15) is 5.10 Å². The summed E-state index contributed by atoms with van der Waals surface area (Å²) in [5.41, 5.74) is 0.483. The molecule has 6 nitrogen and oxygen atoms in total. The number of piperidine rings is 1. The van der Waals surface area contributed by atoms with E-state index in [4.69, 9.17) is 23.2 Å². The van der Waals surface area contributed by atoms with Gasteiger partial charge in [0.05, 0.1) is 11.1 Å². The predicted octanol–water partition coefficient (Wildman–Crippen LogP) is 2.82. The van der Waals surface area contributed by atoms with Crippen molar-refractivity contribution in [3.63, 3.8) is 0 Å². The molecule has 1 aliphatic rings. The molecule has 1 fully saturated rings. The van der Waals surface area contributed by atoms with Crippen LogP contribution in [0.1, 0.15) is 41.6 Å². The summed E-state index contributed by atoms with van der Waals surface area (Å²) in [5.74, 6) is 0.627. The Morgan fingerprint density at radius 2 is 2.24 bits per heavy atom. The summed E-state index contributed by atoms with van der Waals surface area (Å²) >= 11 is 12.1. The number of rotatable bonds is 2. The van der Waals surface area contributed by atoms with Gasteiger partial charge in [-0.25, -0.2) is 4.98 Å². The van der Waals surface area contributed by atoms with Crippen molar-refractivity contribution in [2.24, 2.45) is 7.05 Å². The number of carbonyl (C=O) groups is 1. The van der Waals surface area contributed by atoms with Crippen molar-refractivity contribution in [3.8, 4) is 0 Å². The van der Waals surface area contributed by atoms with Crippen LogP contribution < -0.4 is 0 Å². The summed E-state index contributed by atoms with van der Waals surface area (Å²) in [6.07, 6.45) is 4.36. The number of likely N-dealkylation sites (tertiary alicyclic amines) is 1. The molecule has 0 aromatic carbocycles. The van der Waals surface area contributed by atoms with E-state index in [0.29, 0.717) is 22.4 Å². The summed E-state index contributed by atoms with van der Waals surface area (Å²) in [4.78, 5) is 18.8. The number of aromatic amines is 1. The third kappa shape index (κ3) is 2.53. The van der Waals surface area contributed by atoms with Gasteiger partial charge in [-0.15, -0.1) is 0 Å². The highest BCUT2D eigenvalue weighted by Gasteiger charge is 2.32. The van der Waals surface area contributed by atoms with E-state index in [1.54, 1.807) is 17.7 Å². The first kappa shape index (κ1) is 14.4. The van der Waals surface area contributed by atoms with Crippen LogP contribution in [0.15, 0.2) is 12.4 Å². The fourth-order valence-corrected chi connectivity index (χ4v) is 3.10. The van der Waals surface area contributed by atoms with Crippen LogP contribution in [-0.4, -0.2) is 37.1 Å². The molecular weight excluding hydrogens is 313 g/mol. The van der Waals surface area contributed by atoms with Crippen LogP contribution in [0, 0.1) is 0 Å². The quantitative estimate of drug-likeness (QED) is 0.922. The summed E-state index contributed by atoms with van der Waals surface area (Å²) in [5, 5.41) is 7.49. The number of halogens is 2. The maximum atomic E-state index is 12.8. The number of hydrogen-bond donors (Lipinski definition) is 1. The van der Waals surface area contributed by atoms with Crippen molar-refractivity contribution in [3.05, 3.63) is 34.1 Å². The third-order valence-corrected chi connectivity index (χ3v) is 4.69. The van der Waals surface area contributed by atoms with Gasteiger partial charge in [-0.1, -0.05) is 23.2 Å². The number of amides is 1. The highest BCUT2D eigenvalue weighted by atomic mass is 35.5. The Labute approximate surface area is 132 Å². The molecular formula is C13H15Cl2N5O. The van der Waals surface area contributed by atoms with E-state index in [9.17, 15) is 4.79 Å². The zero-order chi connectivity index (χ0) is 15.0. The molecule has 0 unspecified atom stereocenters. The van der Waals surface area contributed by atoms with Gasteiger partial charge in [0.2, 0.25) is 0 Å². The van der Waals surface area contributed by atoms with Gasteiger partial charge >= 0.3 is 0 Å². The zero-order valence-corrected chi connectivity index (χ0v) is 13.0. The second-order valence-electron chi connectivity index (χ2n) is 5.11. The maximum absolute atomic E-state index is 12.8. The van der Waals surface area contributed by atoms with Gasteiger partial charge < -0.3 is 9.47 Å². The first-order valence-corrected chi connectivity index (χ1v) is 7.52. The lowest BCUT2D eigenvalue weighted by Crippen LogP contribution is -2.39. The van der Waals surface area contributed by atoms with E-state index >= 15 is 0 Å². The van der Waals surface area contributed by atoms with Gasteiger partial charge in [-0.05, 0) is 25.3 Å². The fourth-order valence-electron chi connectivity index (χ4n) is 2.73. The van der Waals surface area contributed by atoms with Crippen molar-refractivity contribution in [2.45, 2.75) is 25.3 Å². The molecule has 1 N–H and O–H groups in total. The number of hydrogen-bond acceptors (Lipinski definition) is 3. The predicted molar refractivity (Wildman–Crippen MR) is 79.4 cm³/mol. The van der Waals surface area contributed by atoms with Gasteiger partial charge in [0, 0.05) is 13.6 Å². The Kier molecular flexibility index (Phi) is 3.91. The molecule has 112 valence electrons. The SMILES string of the molecule is Cn1c(C(=O)N2CCCC[C@H]2c2ncn[nH]2)cc(Cl)c1Cl. The second-order valence-corrected chi connectivity index (χ2v) is 5.87. The number of aromatic nitrogens is 4. The topological polar surface area (TPSA) is 66.8 Å². The van der Waals surface area contributed by atoms with E-state index in [1.165, 1.54) is 6.33 Å². The maximum Gasteiger partial charge on any atom is 0.271 e. The summed E-state index contributed by atoms with van der Waals surface area (Å²) in [7, 11) is 1.73. The van der Waals surface area contributed by atoms with Crippen LogP contribution in [0.2, 0.25) is 10.2 Å². The molecule has 3 heterocycles. The van der Waals surface area contributed by atoms with Crippen LogP contribution in [0.3, 0.4) is 0 Å². The largest absolute Gasteiger partial charge is 0.329 e. The van der Waals surface area contributed by atoms with Crippen LogP contribution >= 0.6 is 23.2 Å². The standard InChI is InChI=1S/C13H15Cl2N5O/c1-19-10(6-8(14)11(19)15)13(21)20-5-3-2-4-9(20)12-16-7-17-18-12/h6-7,9H,2-5H2,1H3,(H,16,17,18)/t9-/m0/s1. The first-order valence-electron chi connectivity index (χ1n) is 6.76. The first-order chi connectivity index (χ1) is 10.1.